The molecule has 0 saturated carbocycles. The zero-order chi connectivity index (χ0) is 33.2. The van der Waals surface area contributed by atoms with Crippen LogP contribution in [0.3, 0.4) is 0 Å². The summed E-state index contributed by atoms with van der Waals surface area (Å²) in [5.74, 6) is -6.83. The second kappa shape index (κ2) is 14.7. The number of carbonyl (C=O) groups is 3. The summed E-state index contributed by atoms with van der Waals surface area (Å²) < 4.78 is 82.8. The molecule has 254 valence electrons. The molecule has 47 heavy (non-hydrogen) atoms. The van der Waals surface area contributed by atoms with Crippen LogP contribution in [-0.2, 0) is 46.5 Å². The summed E-state index contributed by atoms with van der Waals surface area (Å²) in [7, 11) is 0. The van der Waals surface area contributed by atoms with Crippen LogP contribution in [0.15, 0.2) is 42.5 Å². The van der Waals surface area contributed by atoms with E-state index in [9.17, 15) is 40.7 Å². The van der Waals surface area contributed by atoms with Gasteiger partial charge in [-0.3, -0.25) is 14.4 Å². The number of fused-ring (bicyclic) bond motifs is 1. The number of rotatable bonds is 9. The highest BCUT2D eigenvalue weighted by molar-refractivity contribution is 5.91. The molecule has 3 heterocycles. The van der Waals surface area contributed by atoms with Gasteiger partial charge < -0.3 is 25.4 Å². The van der Waals surface area contributed by atoms with Crippen LogP contribution in [-0.4, -0.2) is 73.5 Å². The van der Waals surface area contributed by atoms with Gasteiger partial charge in [-0.15, -0.1) is 22.6 Å². The van der Waals surface area contributed by atoms with Gasteiger partial charge in [-0.2, -0.15) is 13.2 Å². The number of carbonyl (C=O) groups excluding carboxylic acids is 3. The molecule has 3 atom stereocenters. The van der Waals surface area contributed by atoms with Crippen LogP contribution in [0.5, 0.6) is 0 Å². The van der Waals surface area contributed by atoms with Gasteiger partial charge in [-0.1, -0.05) is 30.3 Å². The van der Waals surface area contributed by atoms with Crippen LogP contribution in [0.4, 0.5) is 26.3 Å². The Kier molecular flexibility index (Phi) is 11.2. The summed E-state index contributed by atoms with van der Waals surface area (Å²) in [5, 5.41) is 9.41. The minimum Gasteiger partial charge on any atom is -0.351 e. The van der Waals surface area contributed by atoms with Gasteiger partial charge in [-0.25, -0.2) is 13.2 Å². The number of likely N-dealkylation sites (tertiary alicyclic amines) is 1. The SMILES string of the molecule is Cl.NC(Cc1ccccc1)C(=O)N1CCCC1C(=O)N[C@@H](CC(=O)N1CCn2c(nnc2C(F)(F)F)C1)Cc1cc(F)c(F)cc1F. The van der Waals surface area contributed by atoms with E-state index in [1.165, 1.54) is 9.80 Å². The Balaban J connectivity index is 0.00000500. The number of hydrogen-bond donors (Lipinski definition) is 2. The average molecular weight is 688 g/mol. The first kappa shape index (κ1) is 35.7. The molecule has 2 unspecified atom stereocenters. The largest absolute Gasteiger partial charge is 0.451 e. The summed E-state index contributed by atoms with van der Waals surface area (Å²) in [4.78, 5) is 42.7. The number of nitrogens with zero attached hydrogens (tertiary/aromatic N) is 5. The quantitative estimate of drug-likeness (QED) is 0.263. The second-order valence-corrected chi connectivity index (χ2v) is 11.4. The van der Waals surface area contributed by atoms with E-state index >= 15 is 0 Å². The van der Waals surface area contributed by atoms with E-state index in [0.717, 1.165) is 10.1 Å². The van der Waals surface area contributed by atoms with Crippen LogP contribution in [0, 0.1) is 17.5 Å². The highest BCUT2D eigenvalue weighted by Gasteiger charge is 2.41. The molecule has 3 aromatic rings. The first-order chi connectivity index (χ1) is 21.8. The van der Waals surface area contributed by atoms with Crippen molar-refractivity contribution in [3.63, 3.8) is 0 Å². The number of nitrogens with one attached hydrogen (secondary N) is 1. The first-order valence-corrected chi connectivity index (χ1v) is 14.6. The van der Waals surface area contributed by atoms with Crippen LogP contribution in [0.25, 0.3) is 0 Å². The van der Waals surface area contributed by atoms with Crippen LogP contribution in [0.1, 0.15) is 42.0 Å². The first-order valence-electron chi connectivity index (χ1n) is 14.6. The molecule has 5 rings (SSSR count). The van der Waals surface area contributed by atoms with Crippen molar-refractivity contribution in [2.45, 2.75) is 69.5 Å². The average Bonchev–Trinajstić information content (AvgIpc) is 3.67. The molecule has 0 aliphatic carbocycles. The molecule has 3 N–H and O–H groups in total. The lowest BCUT2D eigenvalue weighted by atomic mass is 10.0. The van der Waals surface area contributed by atoms with E-state index in [4.69, 9.17) is 5.73 Å². The smallest absolute Gasteiger partial charge is 0.351 e. The number of nitrogens with two attached hydrogens (primary N) is 1. The predicted octanol–water partition coefficient (Wildman–Crippen LogP) is 3.16. The molecule has 1 aromatic heterocycles. The van der Waals surface area contributed by atoms with Gasteiger partial charge in [0.1, 0.15) is 11.9 Å². The van der Waals surface area contributed by atoms with Crippen molar-refractivity contribution in [2.24, 2.45) is 5.73 Å². The van der Waals surface area contributed by atoms with Gasteiger partial charge in [0.25, 0.3) is 0 Å². The summed E-state index contributed by atoms with van der Waals surface area (Å²) in [6.45, 7) is -0.404. The van der Waals surface area contributed by atoms with Crippen molar-refractivity contribution in [2.75, 3.05) is 13.1 Å². The number of amides is 3. The second-order valence-electron chi connectivity index (χ2n) is 11.4. The molecule has 2 aliphatic rings. The maximum atomic E-state index is 14.6. The summed E-state index contributed by atoms with van der Waals surface area (Å²) in [5.41, 5.74) is 6.71. The number of aromatic nitrogens is 3. The number of hydrogen-bond acceptors (Lipinski definition) is 6. The number of alkyl halides is 3. The molecule has 0 bridgehead atoms. The van der Waals surface area contributed by atoms with Crippen molar-refractivity contribution >= 4 is 30.1 Å². The van der Waals surface area contributed by atoms with Gasteiger partial charge in [0.15, 0.2) is 17.5 Å². The highest BCUT2D eigenvalue weighted by Crippen LogP contribution is 2.30. The topological polar surface area (TPSA) is 126 Å². The van der Waals surface area contributed by atoms with E-state index in [2.05, 4.69) is 15.5 Å². The van der Waals surface area contributed by atoms with Crippen molar-refractivity contribution < 1.29 is 40.7 Å². The van der Waals surface area contributed by atoms with Crippen LogP contribution >= 0.6 is 12.4 Å². The minimum atomic E-state index is -4.73. The van der Waals surface area contributed by atoms with Crippen molar-refractivity contribution in [1.29, 1.82) is 0 Å². The molecule has 2 aromatic carbocycles. The minimum absolute atomic E-state index is 0. The molecule has 10 nitrogen and oxygen atoms in total. The van der Waals surface area contributed by atoms with E-state index in [1.807, 2.05) is 30.3 Å². The monoisotopic (exact) mass is 687 g/mol. The maximum absolute atomic E-state index is 14.6. The van der Waals surface area contributed by atoms with Gasteiger partial charge in [0, 0.05) is 38.2 Å². The molecule has 2 aliphatic heterocycles. The normalized spacial score (nSPS) is 17.5. The van der Waals surface area contributed by atoms with Crippen LogP contribution in [0.2, 0.25) is 0 Å². The lowest BCUT2D eigenvalue weighted by Crippen LogP contribution is -2.54. The fourth-order valence-corrected chi connectivity index (χ4v) is 5.85. The van der Waals surface area contributed by atoms with Gasteiger partial charge >= 0.3 is 6.18 Å². The molecule has 1 fully saturated rings. The Morgan fingerprint density at radius 2 is 1.66 bits per heavy atom. The standard InChI is InChI=1S/C30H31F6N7O3.ClH/c31-20-15-22(33)21(32)13-18(20)12-19(14-26(44)41-9-10-43-25(16-41)39-40-29(43)30(34,35)36)38-27(45)24-7-4-8-42(24)28(46)23(37)11-17-5-2-1-3-6-17;/h1-3,5-6,13,15,19,23-24H,4,7-12,14,16,37H2,(H,38,45);1H/t19-,23?,24?;/m1./s1. The molecule has 1 saturated heterocycles. The van der Waals surface area contributed by atoms with Crippen LogP contribution < -0.4 is 11.1 Å². The third kappa shape index (κ3) is 8.22. The Bertz CT molecular complexity index is 1610. The summed E-state index contributed by atoms with van der Waals surface area (Å²) in [6, 6.07) is 7.04. The van der Waals surface area contributed by atoms with Crippen molar-refractivity contribution in [3.05, 3.63) is 82.7 Å². The Morgan fingerprint density at radius 1 is 0.957 bits per heavy atom. The zero-order valence-corrected chi connectivity index (χ0v) is 25.7. The number of halogens is 7. The molecular formula is C30H32ClF6N7O3. The van der Waals surface area contributed by atoms with E-state index < -0.39 is 78.1 Å². The predicted molar refractivity (Wildman–Crippen MR) is 157 cm³/mol. The molecular weight excluding hydrogens is 656 g/mol. The maximum Gasteiger partial charge on any atom is 0.451 e. The molecule has 3 amide bonds. The van der Waals surface area contributed by atoms with Crippen molar-refractivity contribution in [1.82, 2.24) is 29.9 Å². The van der Waals surface area contributed by atoms with E-state index in [1.54, 1.807) is 0 Å². The third-order valence-electron chi connectivity index (χ3n) is 8.14. The van der Waals surface area contributed by atoms with Gasteiger partial charge in [0.05, 0.1) is 12.6 Å². The Hall–Kier alpha value is -4.18. The lowest BCUT2D eigenvalue weighted by molar-refractivity contribution is -0.148. The fourth-order valence-electron chi connectivity index (χ4n) is 5.85. The van der Waals surface area contributed by atoms with E-state index in [-0.39, 0.29) is 56.4 Å². The zero-order valence-electron chi connectivity index (χ0n) is 24.9. The summed E-state index contributed by atoms with van der Waals surface area (Å²) in [6.07, 6.45) is -4.58. The lowest BCUT2D eigenvalue weighted by Gasteiger charge is -2.31. The molecule has 0 radical (unpaired) electrons. The third-order valence-corrected chi connectivity index (χ3v) is 8.14. The number of benzene rings is 2. The van der Waals surface area contributed by atoms with Gasteiger partial charge in [-0.05, 0) is 42.9 Å². The summed E-state index contributed by atoms with van der Waals surface area (Å²) >= 11 is 0. The van der Waals surface area contributed by atoms with Crippen molar-refractivity contribution in [3.8, 4) is 0 Å². The molecule has 17 heteroatoms. The fraction of sp³-hybridized carbons (Fsp3) is 0.433. The molecule has 0 spiro atoms. The van der Waals surface area contributed by atoms with Gasteiger partial charge in [0.2, 0.25) is 23.5 Å². The highest BCUT2D eigenvalue weighted by atomic mass is 35.5. The Morgan fingerprint density at radius 3 is 2.36 bits per heavy atom. The Labute approximate surface area is 271 Å². The van der Waals surface area contributed by atoms with E-state index in [0.29, 0.717) is 25.0 Å².